The van der Waals surface area contributed by atoms with Gasteiger partial charge in [-0.15, -0.1) is 0 Å². The van der Waals surface area contributed by atoms with Crippen molar-refractivity contribution in [2.24, 2.45) is 18.9 Å². The minimum atomic E-state index is 0.0178. The molecule has 23 heavy (non-hydrogen) atoms. The summed E-state index contributed by atoms with van der Waals surface area (Å²) in [6, 6.07) is 0. The Morgan fingerprint density at radius 2 is 2.26 bits per heavy atom. The van der Waals surface area contributed by atoms with Crippen LogP contribution in [-0.4, -0.2) is 45.3 Å². The van der Waals surface area contributed by atoms with E-state index in [4.69, 9.17) is 0 Å². The van der Waals surface area contributed by atoms with Gasteiger partial charge in [0.25, 0.3) is 0 Å². The smallest absolute Gasteiger partial charge is 0.224 e. The zero-order valence-corrected chi connectivity index (χ0v) is 14.0. The van der Waals surface area contributed by atoms with Gasteiger partial charge in [0.05, 0.1) is 17.5 Å². The van der Waals surface area contributed by atoms with Crippen LogP contribution in [-0.2, 0) is 11.8 Å². The number of nitrogens with zero attached hydrogens (tertiary/aromatic N) is 5. The predicted molar refractivity (Wildman–Crippen MR) is 89.1 cm³/mol. The van der Waals surface area contributed by atoms with E-state index in [1.54, 1.807) is 17.2 Å². The summed E-state index contributed by atoms with van der Waals surface area (Å²) in [5, 5.41) is 8.26. The highest BCUT2D eigenvalue weighted by Gasteiger charge is 2.27. The number of carbonyl (C=O) groups is 1. The second-order valence-electron chi connectivity index (χ2n) is 6.63. The van der Waals surface area contributed by atoms with Gasteiger partial charge in [0.1, 0.15) is 12.1 Å². The van der Waals surface area contributed by atoms with Crippen molar-refractivity contribution in [3.63, 3.8) is 0 Å². The van der Waals surface area contributed by atoms with Gasteiger partial charge in [-0.05, 0) is 18.8 Å². The van der Waals surface area contributed by atoms with Crippen LogP contribution in [0.15, 0.2) is 12.5 Å². The van der Waals surface area contributed by atoms with Crippen LogP contribution in [0.5, 0.6) is 0 Å². The van der Waals surface area contributed by atoms with E-state index in [2.05, 4.69) is 39.1 Å². The van der Waals surface area contributed by atoms with Gasteiger partial charge in [0.15, 0.2) is 5.65 Å². The fourth-order valence-electron chi connectivity index (χ4n) is 3.03. The van der Waals surface area contributed by atoms with E-state index in [9.17, 15) is 4.79 Å². The molecule has 3 rings (SSSR count). The van der Waals surface area contributed by atoms with Gasteiger partial charge in [0.2, 0.25) is 5.91 Å². The lowest BCUT2D eigenvalue weighted by Gasteiger charge is -2.33. The zero-order valence-electron chi connectivity index (χ0n) is 14.0. The molecule has 1 saturated heterocycles. The summed E-state index contributed by atoms with van der Waals surface area (Å²) in [7, 11) is 1.87. The Hall–Kier alpha value is -2.18. The number of fused-ring (bicyclic) bond motifs is 1. The molecule has 124 valence electrons. The maximum atomic E-state index is 12.4. The fraction of sp³-hybridized carbons (Fsp3) is 0.625. The highest BCUT2D eigenvalue weighted by molar-refractivity contribution is 5.87. The summed E-state index contributed by atoms with van der Waals surface area (Å²) in [5.74, 6) is 1.52. The number of nitrogens with one attached hydrogen (secondary N) is 1. The van der Waals surface area contributed by atoms with E-state index in [0.29, 0.717) is 12.5 Å². The highest BCUT2D eigenvalue weighted by Crippen LogP contribution is 2.27. The third kappa shape index (κ3) is 3.28. The number of carbonyl (C=O) groups excluding carboxylic acids is 1. The van der Waals surface area contributed by atoms with Crippen LogP contribution in [0.25, 0.3) is 11.0 Å². The van der Waals surface area contributed by atoms with E-state index in [-0.39, 0.29) is 11.8 Å². The van der Waals surface area contributed by atoms with Gasteiger partial charge in [-0.2, -0.15) is 5.10 Å². The van der Waals surface area contributed by atoms with Crippen molar-refractivity contribution >= 4 is 22.8 Å². The molecule has 1 atom stereocenters. The average molecular weight is 316 g/mol. The Balaban J connectivity index is 1.76. The second-order valence-corrected chi connectivity index (χ2v) is 6.63. The Bertz CT molecular complexity index is 695. The lowest BCUT2D eigenvalue weighted by atomic mass is 9.96. The minimum Gasteiger partial charge on any atom is -0.356 e. The molecule has 3 heterocycles. The van der Waals surface area contributed by atoms with Gasteiger partial charge in [-0.3, -0.25) is 9.48 Å². The van der Waals surface area contributed by atoms with Crippen LogP contribution in [0.2, 0.25) is 0 Å². The normalized spacial score (nSPS) is 18.6. The SMILES string of the molecule is CC(C)CNC(=O)C1CCCN(c2ncnc3c2cnn3C)C1. The van der Waals surface area contributed by atoms with Crippen molar-refractivity contribution in [3.05, 3.63) is 12.5 Å². The largest absolute Gasteiger partial charge is 0.356 e. The number of aromatic nitrogens is 4. The molecule has 1 amide bonds. The molecule has 0 aliphatic carbocycles. The molecular formula is C16H24N6O. The van der Waals surface area contributed by atoms with E-state index in [1.807, 2.05) is 7.05 Å². The summed E-state index contributed by atoms with van der Waals surface area (Å²) in [6.45, 7) is 6.55. The first kappa shape index (κ1) is 15.7. The van der Waals surface area contributed by atoms with E-state index in [0.717, 1.165) is 42.8 Å². The molecule has 2 aromatic rings. The maximum Gasteiger partial charge on any atom is 0.224 e. The molecule has 1 N–H and O–H groups in total. The molecule has 0 saturated carbocycles. The van der Waals surface area contributed by atoms with Crippen LogP contribution in [0.1, 0.15) is 26.7 Å². The number of piperidine rings is 1. The highest BCUT2D eigenvalue weighted by atomic mass is 16.1. The van der Waals surface area contributed by atoms with E-state index in [1.165, 1.54) is 0 Å². The molecule has 1 aliphatic heterocycles. The lowest BCUT2D eigenvalue weighted by molar-refractivity contribution is -0.125. The standard InChI is InChI=1S/C16H24N6O/c1-11(2)7-17-16(23)12-5-4-6-22(9-12)15-13-8-20-21(3)14(13)18-10-19-15/h8,10-12H,4-7,9H2,1-3H3,(H,17,23). The van der Waals surface area contributed by atoms with Crippen LogP contribution in [0.3, 0.4) is 0 Å². The second kappa shape index (κ2) is 6.52. The van der Waals surface area contributed by atoms with Crippen LogP contribution in [0, 0.1) is 11.8 Å². The number of hydrogen-bond donors (Lipinski definition) is 1. The Morgan fingerprint density at radius 3 is 3.04 bits per heavy atom. The van der Waals surface area contributed by atoms with Crippen molar-refractivity contribution in [1.29, 1.82) is 0 Å². The Morgan fingerprint density at radius 1 is 1.43 bits per heavy atom. The lowest BCUT2D eigenvalue weighted by Crippen LogP contribution is -2.44. The maximum absolute atomic E-state index is 12.4. The first-order chi connectivity index (χ1) is 11.1. The van der Waals surface area contributed by atoms with E-state index >= 15 is 0 Å². The molecule has 7 heteroatoms. The number of anilines is 1. The molecule has 0 spiro atoms. The summed E-state index contributed by atoms with van der Waals surface area (Å²) in [6.07, 6.45) is 5.29. The summed E-state index contributed by atoms with van der Waals surface area (Å²) < 4.78 is 1.75. The number of aryl methyl sites for hydroxylation is 1. The molecule has 0 bridgehead atoms. The molecule has 1 unspecified atom stereocenters. The van der Waals surface area contributed by atoms with Gasteiger partial charge < -0.3 is 10.2 Å². The first-order valence-corrected chi connectivity index (χ1v) is 8.21. The molecule has 1 fully saturated rings. The van der Waals surface area contributed by atoms with Crippen LogP contribution >= 0.6 is 0 Å². The van der Waals surface area contributed by atoms with Crippen molar-refractivity contribution in [2.75, 3.05) is 24.5 Å². The zero-order chi connectivity index (χ0) is 16.4. The van der Waals surface area contributed by atoms with Gasteiger partial charge in [0, 0.05) is 26.7 Å². The Labute approximate surface area is 136 Å². The number of rotatable bonds is 4. The quantitative estimate of drug-likeness (QED) is 0.921. The van der Waals surface area contributed by atoms with Gasteiger partial charge >= 0.3 is 0 Å². The van der Waals surface area contributed by atoms with Crippen molar-refractivity contribution in [2.45, 2.75) is 26.7 Å². The summed E-state index contributed by atoms with van der Waals surface area (Å²) >= 11 is 0. The monoisotopic (exact) mass is 316 g/mol. The Kier molecular flexibility index (Phi) is 4.45. The molecular weight excluding hydrogens is 292 g/mol. The molecule has 0 radical (unpaired) electrons. The van der Waals surface area contributed by atoms with Crippen LogP contribution in [0.4, 0.5) is 5.82 Å². The average Bonchev–Trinajstić information content (AvgIpc) is 2.94. The molecule has 7 nitrogen and oxygen atoms in total. The fourth-order valence-corrected chi connectivity index (χ4v) is 3.03. The topological polar surface area (TPSA) is 75.9 Å². The van der Waals surface area contributed by atoms with Crippen molar-refractivity contribution in [1.82, 2.24) is 25.1 Å². The summed E-state index contributed by atoms with van der Waals surface area (Å²) in [5.41, 5.74) is 0.821. The molecule has 1 aliphatic rings. The van der Waals surface area contributed by atoms with Crippen molar-refractivity contribution < 1.29 is 4.79 Å². The third-order valence-corrected chi connectivity index (χ3v) is 4.28. The summed E-state index contributed by atoms with van der Waals surface area (Å²) in [4.78, 5) is 23.3. The molecule has 0 aromatic carbocycles. The van der Waals surface area contributed by atoms with Gasteiger partial charge in [-0.25, -0.2) is 9.97 Å². The molecule has 2 aromatic heterocycles. The van der Waals surface area contributed by atoms with Crippen molar-refractivity contribution in [3.8, 4) is 0 Å². The number of hydrogen-bond acceptors (Lipinski definition) is 5. The van der Waals surface area contributed by atoms with E-state index < -0.39 is 0 Å². The van der Waals surface area contributed by atoms with Gasteiger partial charge in [-0.1, -0.05) is 13.8 Å². The third-order valence-electron chi connectivity index (χ3n) is 4.28. The predicted octanol–water partition coefficient (Wildman–Crippen LogP) is 1.35. The van der Waals surface area contributed by atoms with Crippen LogP contribution < -0.4 is 10.2 Å². The number of amides is 1. The minimum absolute atomic E-state index is 0.0178. The first-order valence-electron chi connectivity index (χ1n) is 8.21.